The van der Waals surface area contributed by atoms with E-state index in [1.54, 1.807) is 5.01 Å². The van der Waals surface area contributed by atoms with Gasteiger partial charge in [0.05, 0.1) is 0 Å². The fourth-order valence-electron chi connectivity index (χ4n) is 1.96. The van der Waals surface area contributed by atoms with Gasteiger partial charge in [0, 0.05) is 17.8 Å². The predicted molar refractivity (Wildman–Crippen MR) is 56.6 cm³/mol. The van der Waals surface area contributed by atoms with Crippen molar-refractivity contribution in [3.8, 4) is 0 Å². The smallest absolute Gasteiger partial charge is 0.0175 e. The molecule has 0 unspecified atom stereocenters. The Kier molecular flexibility index (Phi) is 3.55. The summed E-state index contributed by atoms with van der Waals surface area (Å²) in [4.78, 5) is 0. The Morgan fingerprint density at radius 1 is 1.08 bits per heavy atom. The average molecular weight is 180 g/mol. The zero-order valence-corrected chi connectivity index (χ0v) is 8.66. The van der Waals surface area contributed by atoms with Gasteiger partial charge in [-0.3, -0.25) is 5.01 Å². The van der Waals surface area contributed by atoms with Crippen molar-refractivity contribution in [3.05, 3.63) is 24.6 Å². The van der Waals surface area contributed by atoms with Gasteiger partial charge >= 0.3 is 0 Å². The molecule has 2 N–H and O–H groups in total. The van der Waals surface area contributed by atoms with E-state index in [4.69, 9.17) is 5.84 Å². The van der Waals surface area contributed by atoms with Crippen molar-refractivity contribution in [3.63, 3.8) is 0 Å². The van der Waals surface area contributed by atoms with Gasteiger partial charge in [-0.1, -0.05) is 38.8 Å². The summed E-state index contributed by atoms with van der Waals surface area (Å²) in [6.45, 7) is 4.46. The molecule has 0 saturated carbocycles. The number of rotatable bonds is 4. The summed E-state index contributed by atoms with van der Waals surface area (Å²) < 4.78 is 0. The molecule has 2 nitrogen and oxygen atoms in total. The quantitative estimate of drug-likeness (QED) is 0.674. The normalized spacial score (nSPS) is 19.5. The Morgan fingerprint density at radius 2 is 1.54 bits per heavy atom. The zero-order chi connectivity index (χ0) is 9.73. The number of nitrogens with zero attached hydrogens (tertiary/aromatic N) is 1. The van der Waals surface area contributed by atoms with Crippen molar-refractivity contribution in [2.45, 2.75) is 39.5 Å². The van der Waals surface area contributed by atoms with Crippen molar-refractivity contribution in [1.29, 1.82) is 0 Å². The molecule has 0 spiro atoms. The molecule has 0 aromatic heterocycles. The third-order valence-electron chi connectivity index (χ3n) is 2.59. The molecule has 1 aliphatic rings. The first-order valence-electron chi connectivity index (χ1n) is 5.14. The van der Waals surface area contributed by atoms with Crippen molar-refractivity contribution in [2.75, 3.05) is 0 Å². The minimum Gasteiger partial charge on any atom is -0.295 e. The maximum absolute atomic E-state index is 5.61. The fraction of sp³-hybridized carbons (Fsp3) is 0.636. The topological polar surface area (TPSA) is 29.3 Å². The Hall–Kier alpha value is -0.760. The van der Waals surface area contributed by atoms with Crippen LogP contribution in [-0.4, -0.2) is 5.01 Å². The van der Waals surface area contributed by atoms with E-state index in [9.17, 15) is 0 Å². The highest BCUT2D eigenvalue weighted by molar-refractivity contribution is 5.15. The Balaban J connectivity index is 2.68. The summed E-state index contributed by atoms with van der Waals surface area (Å²) in [5.41, 5.74) is 0.277. The van der Waals surface area contributed by atoms with E-state index in [0.29, 0.717) is 0 Å². The summed E-state index contributed by atoms with van der Waals surface area (Å²) in [6.07, 6.45) is 13.3. The van der Waals surface area contributed by atoms with E-state index in [1.807, 2.05) is 12.4 Å². The monoisotopic (exact) mass is 180 g/mol. The maximum Gasteiger partial charge on any atom is 0.0175 e. The predicted octanol–water partition coefficient (Wildman–Crippen LogP) is 2.79. The molecule has 0 radical (unpaired) electrons. The van der Waals surface area contributed by atoms with E-state index in [1.165, 1.54) is 25.7 Å². The van der Waals surface area contributed by atoms with Crippen LogP contribution in [-0.2, 0) is 0 Å². The molecule has 0 bridgehead atoms. The number of nitrogens with two attached hydrogens (primary N) is 1. The lowest BCUT2D eigenvalue weighted by Crippen LogP contribution is -2.26. The van der Waals surface area contributed by atoms with Crippen LogP contribution in [0.15, 0.2) is 24.6 Å². The lowest BCUT2D eigenvalue weighted by atomic mass is 9.78. The van der Waals surface area contributed by atoms with Gasteiger partial charge in [0.25, 0.3) is 0 Å². The summed E-state index contributed by atoms with van der Waals surface area (Å²) >= 11 is 0. The van der Waals surface area contributed by atoms with Crippen molar-refractivity contribution in [2.24, 2.45) is 11.3 Å². The molecule has 0 saturated heterocycles. The molecule has 13 heavy (non-hydrogen) atoms. The lowest BCUT2D eigenvalue weighted by Gasteiger charge is -2.30. The van der Waals surface area contributed by atoms with Gasteiger partial charge in [0.2, 0.25) is 0 Å². The molecule has 0 aromatic rings. The molecule has 0 amide bonds. The molecule has 2 heteroatoms. The first-order chi connectivity index (χ1) is 6.22. The highest BCUT2D eigenvalue weighted by Gasteiger charge is 2.23. The van der Waals surface area contributed by atoms with Gasteiger partial charge < -0.3 is 0 Å². The van der Waals surface area contributed by atoms with E-state index in [0.717, 1.165) is 0 Å². The molecule has 0 atom stereocenters. The minimum absolute atomic E-state index is 0.277. The third-order valence-corrected chi connectivity index (χ3v) is 2.59. The second-order valence-corrected chi connectivity index (χ2v) is 3.81. The summed E-state index contributed by atoms with van der Waals surface area (Å²) in [5, 5.41) is 1.61. The van der Waals surface area contributed by atoms with E-state index >= 15 is 0 Å². The van der Waals surface area contributed by atoms with E-state index in [2.05, 4.69) is 26.0 Å². The molecular weight excluding hydrogens is 160 g/mol. The first kappa shape index (κ1) is 10.3. The molecule has 74 valence electrons. The van der Waals surface area contributed by atoms with Crippen LogP contribution in [0.5, 0.6) is 0 Å². The SMILES string of the molecule is CCCC1(CCC)C=CN(N)C=C1. The van der Waals surface area contributed by atoms with Crippen molar-refractivity contribution < 1.29 is 0 Å². The van der Waals surface area contributed by atoms with Gasteiger partial charge in [0.1, 0.15) is 0 Å². The summed E-state index contributed by atoms with van der Waals surface area (Å²) in [6, 6.07) is 0. The van der Waals surface area contributed by atoms with Gasteiger partial charge in [-0.2, -0.15) is 0 Å². The van der Waals surface area contributed by atoms with Gasteiger partial charge in [-0.05, 0) is 12.8 Å². The number of hydrogen-bond acceptors (Lipinski definition) is 2. The van der Waals surface area contributed by atoms with Crippen molar-refractivity contribution in [1.82, 2.24) is 5.01 Å². The third kappa shape index (κ3) is 2.59. The van der Waals surface area contributed by atoms with Crippen LogP contribution < -0.4 is 5.84 Å². The van der Waals surface area contributed by atoms with Crippen LogP contribution in [0.25, 0.3) is 0 Å². The number of allylic oxidation sites excluding steroid dienone is 2. The van der Waals surface area contributed by atoms with Crippen molar-refractivity contribution >= 4 is 0 Å². The maximum atomic E-state index is 5.61. The molecule has 0 aromatic carbocycles. The van der Waals surface area contributed by atoms with Crippen LogP contribution in [0.3, 0.4) is 0 Å². The molecule has 0 fully saturated rings. The first-order valence-corrected chi connectivity index (χ1v) is 5.14. The molecule has 1 rings (SSSR count). The molecule has 1 heterocycles. The van der Waals surface area contributed by atoms with Crippen LogP contribution >= 0.6 is 0 Å². The minimum atomic E-state index is 0.277. The highest BCUT2D eigenvalue weighted by Crippen LogP contribution is 2.35. The standard InChI is InChI=1S/C11H20N2/c1-3-5-11(6-4-2)7-9-13(12)10-8-11/h7-10H,3-6,12H2,1-2H3. The van der Waals surface area contributed by atoms with Crippen LogP contribution in [0, 0.1) is 5.41 Å². The Morgan fingerprint density at radius 3 is 1.92 bits per heavy atom. The summed E-state index contributed by atoms with van der Waals surface area (Å²) in [7, 11) is 0. The Labute approximate surface area is 81.1 Å². The number of hydrazine groups is 1. The molecule has 1 aliphatic heterocycles. The lowest BCUT2D eigenvalue weighted by molar-refractivity contribution is 0.372. The van der Waals surface area contributed by atoms with Crippen LogP contribution in [0.2, 0.25) is 0 Å². The largest absolute Gasteiger partial charge is 0.295 e. The summed E-state index contributed by atoms with van der Waals surface area (Å²) in [5.74, 6) is 5.61. The average Bonchev–Trinajstić information content (AvgIpc) is 2.11. The highest BCUT2D eigenvalue weighted by atomic mass is 15.4. The second kappa shape index (κ2) is 4.47. The van der Waals surface area contributed by atoms with Gasteiger partial charge in [0.15, 0.2) is 0 Å². The van der Waals surface area contributed by atoms with E-state index in [-0.39, 0.29) is 5.41 Å². The van der Waals surface area contributed by atoms with Crippen LogP contribution in [0.4, 0.5) is 0 Å². The number of hydrogen-bond donors (Lipinski definition) is 1. The molecule has 0 aliphatic carbocycles. The molecular formula is C11H20N2. The Bertz CT molecular complexity index is 184. The van der Waals surface area contributed by atoms with Gasteiger partial charge in [-0.25, -0.2) is 5.84 Å². The fourth-order valence-corrected chi connectivity index (χ4v) is 1.96. The van der Waals surface area contributed by atoms with Gasteiger partial charge in [-0.15, -0.1) is 0 Å². The zero-order valence-electron chi connectivity index (χ0n) is 8.66. The van der Waals surface area contributed by atoms with Crippen LogP contribution in [0.1, 0.15) is 39.5 Å². The second-order valence-electron chi connectivity index (χ2n) is 3.81. The van der Waals surface area contributed by atoms with E-state index < -0.39 is 0 Å².